The molecule has 156 valence electrons. The highest BCUT2D eigenvalue weighted by atomic mass is 19.1. The van der Waals surface area contributed by atoms with Gasteiger partial charge in [-0.3, -0.25) is 4.99 Å². The first-order valence-corrected chi connectivity index (χ1v) is 9.54. The number of halogens is 1. The minimum absolute atomic E-state index is 0.201. The molecule has 0 bridgehead atoms. The van der Waals surface area contributed by atoms with E-state index in [0.717, 1.165) is 16.9 Å². The molecule has 0 fully saturated rings. The van der Waals surface area contributed by atoms with Gasteiger partial charge in [-0.25, -0.2) is 9.37 Å². The van der Waals surface area contributed by atoms with Crippen molar-refractivity contribution < 1.29 is 13.9 Å². The Labute approximate surface area is 175 Å². The predicted molar refractivity (Wildman–Crippen MR) is 115 cm³/mol. The average Bonchev–Trinajstić information content (AvgIpc) is 2.77. The predicted octanol–water partition coefficient (Wildman–Crippen LogP) is 4.20. The Morgan fingerprint density at radius 3 is 2.40 bits per heavy atom. The second-order valence-electron chi connectivity index (χ2n) is 6.65. The molecule has 0 aliphatic carbocycles. The van der Waals surface area contributed by atoms with Crippen LogP contribution in [-0.4, -0.2) is 25.1 Å². The van der Waals surface area contributed by atoms with Crippen molar-refractivity contribution in [3.63, 3.8) is 0 Å². The third kappa shape index (κ3) is 5.94. The monoisotopic (exact) mass is 408 g/mol. The maximum absolute atomic E-state index is 13.4. The Balaban J connectivity index is 1.51. The zero-order chi connectivity index (χ0) is 21.3. The lowest BCUT2D eigenvalue weighted by atomic mass is 10.1. The molecule has 0 amide bonds. The third-order valence-corrected chi connectivity index (χ3v) is 4.43. The molecule has 0 radical (unpaired) electrons. The second-order valence-corrected chi connectivity index (χ2v) is 6.65. The summed E-state index contributed by atoms with van der Waals surface area (Å²) in [7, 11) is 3.32. The van der Waals surface area contributed by atoms with Gasteiger partial charge in [0.15, 0.2) is 5.96 Å². The van der Waals surface area contributed by atoms with E-state index in [1.165, 1.54) is 6.07 Å². The normalized spacial score (nSPS) is 11.1. The van der Waals surface area contributed by atoms with E-state index in [4.69, 9.17) is 9.47 Å². The van der Waals surface area contributed by atoms with E-state index in [1.54, 1.807) is 39.4 Å². The summed E-state index contributed by atoms with van der Waals surface area (Å²) in [6.07, 6.45) is 1.75. The van der Waals surface area contributed by atoms with Gasteiger partial charge < -0.3 is 20.1 Å². The molecule has 3 aromatic rings. The lowest BCUT2D eigenvalue weighted by molar-refractivity contribution is 0.407. The number of hydrogen-bond acceptors (Lipinski definition) is 4. The number of nitrogens with zero attached hydrogens (tertiary/aromatic N) is 2. The third-order valence-electron chi connectivity index (χ3n) is 4.43. The molecule has 0 aliphatic heterocycles. The molecular weight excluding hydrogens is 383 g/mol. The van der Waals surface area contributed by atoms with Gasteiger partial charge in [0.1, 0.15) is 17.3 Å². The molecule has 3 rings (SSSR count). The summed E-state index contributed by atoms with van der Waals surface area (Å²) >= 11 is 0. The van der Waals surface area contributed by atoms with Crippen LogP contribution in [0.4, 0.5) is 4.39 Å². The van der Waals surface area contributed by atoms with Crippen molar-refractivity contribution in [2.75, 3.05) is 14.2 Å². The van der Waals surface area contributed by atoms with Crippen molar-refractivity contribution >= 4 is 5.96 Å². The van der Waals surface area contributed by atoms with Crippen molar-refractivity contribution in [2.45, 2.75) is 20.0 Å². The molecule has 1 aromatic heterocycles. The van der Waals surface area contributed by atoms with Crippen LogP contribution in [-0.2, 0) is 13.1 Å². The van der Waals surface area contributed by atoms with Crippen LogP contribution in [0.3, 0.4) is 0 Å². The van der Waals surface area contributed by atoms with E-state index in [9.17, 15) is 4.39 Å². The molecule has 2 N–H and O–H groups in total. The zero-order valence-corrected chi connectivity index (χ0v) is 17.3. The van der Waals surface area contributed by atoms with Crippen LogP contribution in [0.15, 0.2) is 65.8 Å². The van der Waals surface area contributed by atoms with E-state index < -0.39 is 0 Å². The van der Waals surface area contributed by atoms with Gasteiger partial charge in [0.25, 0.3) is 0 Å². The molecule has 1 heterocycles. The van der Waals surface area contributed by atoms with Crippen LogP contribution in [0, 0.1) is 12.7 Å². The number of rotatable bonds is 7. The molecule has 0 unspecified atom stereocenters. The fourth-order valence-electron chi connectivity index (χ4n) is 2.77. The Morgan fingerprint density at radius 2 is 1.73 bits per heavy atom. The molecule has 0 saturated heterocycles. The maximum Gasteiger partial charge on any atom is 0.219 e. The molecule has 0 saturated carbocycles. The minimum atomic E-state index is -0.201. The Hall–Kier alpha value is -3.61. The van der Waals surface area contributed by atoms with E-state index in [1.807, 2.05) is 36.4 Å². The number of ether oxygens (including phenoxy) is 2. The van der Waals surface area contributed by atoms with Crippen LogP contribution in [0.2, 0.25) is 0 Å². The molecular formula is C23H25FN4O2. The fourth-order valence-corrected chi connectivity index (χ4v) is 2.77. The molecule has 7 heteroatoms. The number of methoxy groups -OCH3 is 1. The zero-order valence-electron chi connectivity index (χ0n) is 17.3. The summed E-state index contributed by atoms with van der Waals surface area (Å²) in [6, 6.07) is 16.2. The summed E-state index contributed by atoms with van der Waals surface area (Å²) in [4.78, 5) is 8.56. The van der Waals surface area contributed by atoms with Crippen molar-refractivity contribution in [1.29, 1.82) is 0 Å². The van der Waals surface area contributed by atoms with Crippen molar-refractivity contribution in [2.24, 2.45) is 4.99 Å². The smallest absolute Gasteiger partial charge is 0.219 e. The Kier molecular flexibility index (Phi) is 7.21. The van der Waals surface area contributed by atoms with E-state index in [2.05, 4.69) is 20.6 Å². The van der Waals surface area contributed by atoms with Gasteiger partial charge >= 0.3 is 0 Å². The van der Waals surface area contributed by atoms with Crippen molar-refractivity contribution in [1.82, 2.24) is 15.6 Å². The topological polar surface area (TPSA) is 67.8 Å². The highest BCUT2D eigenvalue weighted by Gasteiger charge is 2.04. The van der Waals surface area contributed by atoms with Crippen LogP contribution in [0.5, 0.6) is 17.4 Å². The Morgan fingerprint density at radius 1 is 1.00 bits per heavy atom. The second kappa shape index (κ2) is 10.2. The van der Waals surface area contributed by atoms with Crippen molar-refractivity contribution in [3.05, 3.63) is 83.3 Å². The van der Waals surface area contributed by atoms with Crippen LogP contribution < -0.4 is 20.1 Å². The Bertz CT molecular complexity index is 1010. The first-order chi connectivity index (χ1) is 14.6. The maximum atomic E-state index is 13.4. The highest BCUT2D eigenvalue weighted by Crippen LogP contribution is 2.23. The summed E-state index contributed by atoms with van der Waals surface area (Å²) in [5.74, 6) is 2.33. The van der Waals surface area contributed by atoms with Gasteiger partial charge in [0, 0.05) is 38.5 Å². The number of benzene rings is 2. The molecule has 0 spiro atoms. The number of pyridine rings is 1. The molecule has 30 heavy (non-hydrogen) atoms. The summed E-state index contributed by atoms with van der Waals surface area (Å²) < 4.78 is 24.3. The van der Waals surface area contributed by atoms with E-state index in [-0.39, 0.29) is 5.82 Å². The van der Waals surface area contributed by atoms with Crippen molar-refractivity contribution in [3.8, 4) is 17.4 Å². The molecule has 6 nitrogen and oxygen atoms in total. The first-order valence-electron chi connectivity index (χ1n) is 9.54. The van der Waals surface area contributed by atoms with Crippen LogP contribution in [0.25, 0.3) is 0 Å². The lowest BCUT2D eigenvalue weighted by Crippen LogP contribution is -2.36. The average molecular weight is 408 g/mol. The van der Waals surface area contributed by atoms with Gasteiger partial charge in [-0.05, 0) is 41.8 Å². The summed E-state index contributed by atoms with van der Waals surface area (Å²) in [6.45, 7) is 2.85. The standard InChI is InChI=1S/C23H25FN4O2/c1-16-11-17(7-9-21(16)24)13-27-23(25-2)28-15-18-8-10-22(26-14-18)30-20-6-4-5-19(12-20)29-3/h4-12,14H,13,15H2,1-3H3,(H2,25,27,28). The van der Waals surface area contributed by atoms with Crippen LogP contribution in [0.1, 0.15) is 16.7 Å². The van der Waals surface area contributed by atoms with Gasteiger partial charge in [-0.2, -0.15) is 0 Å². The number of guanidine groups is 1. The number of aliphatic imine (C=N–C) groups is 1. The number of nitrogens with one attached hydrogen (secondary N) is 2. The summed E-state index contributed by atoms with van der Waals surface area (Å²) in [5, 5.41) is 6.45. The van der Waals surface area contributed by atoms with Gasteiger partial charge in [-0.15, -0.1) is 0 Å². The summed E-state index contributed by atoms with van der Waals surface area (Å²) in [5.41, 5.74) is 2.59. The fraction of sp³-hybridized carbons (Fsp3) is 0.217. The van der Waals surface area contributed by atoms with Gasteiger partial charge in [-0.1, -0.05) is 24.3 Å². The number of aromatic nitrogens is 1. The lowest BCUT2D eigenvalue weighted by Gasteiger charge is -2.13. The minimum Gasteiger partial charge on any atom is -0.497 e. The first kappa shape index (κ1) is 21.1. The molecule has 0 aliphatic rings. The number of hydrogen-bond donors (Lipinski definition) is 2. The van der Waals surface area contributed by atoms with Crippen LogP contribution >= 0.6 is 0 Å². The number of aryl methyl sites for hydroxylation is 1. The van der Waals surface area contributed by atoms with Gasteiger partial charge in [0.05, 0.1) is 7.11 Å². The quantitative estimate of drug-likeness (QED) is 0.453. The SMILES string of the molecule is CN=C(NCc1ccc(Oc2cccc(OC)c2)nc1)NCc1ccc(F)c(C)c1. The molecule has 0 atom stereocenters. The van der Waals surface area contributed by atoms with E-state index >= 15 is 0 Å². The largest absolute Gasteiger partial charge is 0.497 e. The van der Waals surface area contributed by atoms with E-state index in [0.29, 0.717) is 36.2 Å². The molecule has 2 aromatic carbocycles. The highest BCUT2D eigenvalue weighted by molar-refractivity contribution is 5.79. The van der Waals surface area contributed by atoms with Gasteiger partial charge in [0.2, 0.25) is 5.88 Å².